The molecule has 1 aromatic heterocycles. The number of benzene rings is 2. The number of H-pyrrole nitrogens is 1. The SMILES string of the molecule is CCOc1ccc2[nH]c3c(c2c1)CCNC3c1ccccc1[N+](=O)[O-]. The maximum Gasteiger partial charge on any atom is 0.274 e. The van der Waals surface area contributed by atoms with Gasteiger partial charge in [0.25, 0.3) is 5.69 Å². The lowest BCUT2D eigenvalue weighted by Crippen LogP contribution is -2.30. The van der Waals surface area contributed by atoms with Crippen molar-refractivity contribution in [1.82, 2.24) is 10.3 Å². The third kappa shape index (κ3) is 2.64. The first kappa shape index (κ1) is 15.7. The number of nitrogens with zero attached hydrogens (tertiary/aromatic N) is 1. The van der Waals surface area contributed by atoms with Crippen molar-refractivity contribution < 1.29 is 9.66 Å². The molecule has 1 aliphatic rings. The Labute approximate surface area is 145 Å². The van der Waals surface area contributed by atoms with Crippen molar-refractivity contribution in [3.63, 3.8) is 0 Å². The summed E-state index contributed by atoms with van der Waals surface area (Å²) in [5, 5.41) is 16.0. The Balaban J connectivity index is 1.86. The smallest absolute Gasteiger partial charge is 0.274 e. The average molecular weight is 337 g/mol. The van der Waals surface area contributed by atoms with Gasteiger partial charge in [0.1, 0.15) is 5.75 Å². The van der Waals surface area contributed by atoms with Crippen LogP contribution in [0, 0.1) is 10.1 Å². The highest BCUT2D eigenvalue weighted by atomic mass is 16.6. The van der Waals surface area contributed by atoms with Crippen molar-refractivity contribution in [2.24, 2.45) is 0 Å². The van der Waals surface area contributed by atoms with Gasteiger partial charge in [-0.1, -0.05) is 18.2 Å². The van der Waals surface area contributed by atoms with Crippen LogP contribution in [0.4, 0.5) is 5.69 Å². The summed E-state index contributed by atoms with van der Waals surface area (Å²) < 4.78 is 5.62. The first-order chi connectivity index (χ1) is 12.2. The molecule has 2 N–H and O–H groups in total. The first-order valence-corrected chi connectivity index (χ1v) is 8.43. The predicted molar refractivity (Wildman–Crippen MR) is 96.1 cm³/mol. The van der Waals surface area contributed by atoms with Crippen molar-refractivity contribution >= 4 is 16.6 Å². The zero-order chi connectivity index (χ0) is 17.4. The molecule has 1 unspecified atom stereocenters. The van der Waals surface area contributed by atoms with Crippen LogP contribution < -0.4 is 10.1 Å². The fourth-order valence-electron chi connectivity index (χ4n) is 3.63. The second kappa shape index (κ2) is 6.22. The Morgan fingerprint density at radius 3 is 2.92 bits per heavy atom. The normalized spacial score (nSPS) is 16.6. The molecule has 6 heteroatoms. The highest BCUT2D eigenvalue weighted by molar-refractivity contribution is 5.86. The molecule has 3 aromatic rings. The average Bonchev–Trinajstić information content (AvgIpc) is 3.00. The minimum Gasteiger partial charge on any atom is -0.494 e. The van der Waals surface area contributed by atoms with Crippen LogP contribution in [0.2, 0.25) is 0 Å². The summed E-state index contributed by atoms with van der Waals surface area (Å²) >= 11 is 0. The van der Waals surface area contributed by atoms with Gasteiger partial charge in [0.2, 0.25) is 0 Å². The zero-order valence-electron chi connectivity index (χ0n) is 13.9. The number of hydrogen-bond acceptors (Lipinski definition) is 4. The number of aromatic nitrogens is 1. The molecule has 0 saturated heterocycles. The van der Waals surface area contributed by atoms with Crippen LogP contribution in [-0.2, 0) is 6.42 Å². The number of rotatable bonds is 4. The molecular weight excluding hydrogens is 318 g/mol. The molecule has 0 radical (unpaired) electrons. The molecule has 1 atom stereocenters. The van der Waals surface area contributed by atoms with Gasteiger partial charge in [-0.15, -0.1) is 0 Å². The number of nitro benzene ring substituents is 1. The second-order valence-electron chi connectivity index (χ2n) is 6.11. The van der Waals surface area contributed by atoms with Crippen LogP contribution in [0.15, 0.2) is 42.5 Å². The lowest BCUT2D eigenvalue weighted by atomic mass is 9.93. The summed E-state index contributed by atoms with van der Waals surface area (Å²) in [5.74, 6) is 0.845. The van der Waals surface area contributed by atoms with Gasteiger partial charge in [-0.05, 0) is 37.1 Å². The van der Waals surface area contributed by atoms with Crippen LogP contribution in [0.5, 0.6) is 5.75 Å². The summed E-state index contributed by atoms with van der Waals surface area (Å²) in [6.07, 6.45) is 0.877. The number of aromatic amines is 1. The van der Waals surface area contributed by atoms with Gasteiger partial charge in [-0.25, -0.2) is 0 Å². The van der Waals surface area contributed by atoms with E-state index in [2.05, 4.69) is 16.4 Å². The molecule has 1 aliphatic heterocycles. The molecule has 4 rings (SSSR count). The summed E-state index contributed by atoms with van der Waals surface area (Å²) in [7, 11) is 0. The van der Waals surface area contributed by atoms with Gasteiger partial charge in [-0.2, -0.15) is 0 Å². The Morgan fingerprint density at radius 2 is 2.12 bits per heavy atom. The summed E-state index contributed by atoms with van der Waals surface area (Å²) in [4.78, 5) is 14.6. The van der Waals surface area contributed by atoms with E-state index in [-0.39, 0.29) is 16.7 Å². The summed E-state index contributed by atoms with van der Waals surface area (Å²) in [5.41, 5.74) is 4.06. The number of fused-ring (bicyclic) bond motifs is 3. The van der Waals surface area contributed by atoms with Crippen molar-refractivity contribution in [1.29, 1.82) is 0 Å². The molecule has 0 amide bonds. The quantitative estimate of drug-likeness (QED) is 0.562. The molecule has 25 heavy (non-hydrogen) atoms. The summed E-state index contributed by atoms with van der Waals surface area (Å²) in [6.45, 7) is 3.36. The van der Waals surface area contributed by atoms with Crippen molar-refractivity contribution in [2.75, 3.05) is 13.2 Å². The van der Waals surface area contributed by atoms with Crippen LogP contribution in [0.25, 0.3) is 10.9 Å². The maximum absolute atomic E-state index is 11.4. The number of nitro groups is 1. The largest absolute Gasteiger partial charge is 0.494 e. The van der Waals surface area contributed by atoms with Gasteiger partial charge >= 0.3 is 0 Å². The van der Waals surface area contributed by atoms with E-state index >= 15 is 0 Å². The fraction of sp³-hybridized carbons (Fsp3) is 0.263. The number of para-hydroxylation sites is 1. The van der Waals surface area contributed by atoms with E-state index in [9.17, 15) is 10.1 Å². The lowest BCUT2D eigenvalue weighted by Gasteiger charge is -2.24. The van der Waals surface area contributed by atoms with Crippen LogP contribution in [0.1, 0.15) is 29.8 Å². The van der Waals surface area contributed by atoms with Crippen molar-refractivity contribution in [3.05, 3.63) is 69.4 Å². The molecule has 0 saturated carbocycles. The van der Waals surface area contributed by atoms with Crippen molar-refractivity contribution in [3.8, 4) is 5.75 Å². The topological polar surface area (TPSA) is 80.2 Å². The van der Waals surface area contributed by atoms with Gasteiger partial charge < -0.3 is 15.0 Å². The molecule has 0 spiro atoms. The van der Waals surface area contributed by atoms with Crippen LogP contribution >= 0.6 is 0 Å². The Morgan fingerprint density at radius 1 is 1.28 bits per heavy atom. The Kier molecular flexibility index (Phi) is 3.89. The van der Waals surface area contributed by atoms with E-state index in [1.165, 1.54) is 5.56 Å². The Bertz CT molecular complexity index is 948. The maximum atomic E-state index is 11.4. The fourth-order valence-corrected chi connectivity index (χ4v) is 3.63. The standard InChI is InChI=1S/C19H19N3O3/c1-2-25-12-7-8-16-15(11-12)13-9-10-20-18(19(13)21-16)14-5-3-4-6-17(14)22(23)24/h3-8,11,18,20-21H,2,9-10H2,1H3. The molecular formula is C19H19N3O3. The predicted octanol–water partition coefficient (Wildman–Crippen LogP) is 3.71. The lowest BCUT2D eigenvalue weighted by molar-refractivity contribution is -0.385. The highest BCUT2D eigenvalue weighted by Gasteiger charge is 2.29. The highest BCUT2D eigenvalue weighted by Crippen LogP contribution is 2.37. The van der Waals surface area contributed by atoms with Crippen LogP contribution in [0.3, 0.4) is 0 Å². The monoisotopic (exact) mass is 337 g/mol. The molecule has 2 aromatic carbocycles. The molecule has 2 heterocycles. The van der Waals surface area contributed by atoms with E-state index in [0.717, 1.165) is 35.3 Å². The van der Waals surface area contributed by atoms with E-state index in [1.807, 2.05) is 31.2 Å². The zero-order valence-corrected chi connectivity index (χ0v) is 13.9. The molecule has 0 aliphatic carbocycles. The Hall–Kier alpha value is -2.86. The van der Waals surface area contributed by atoms with E-state index in [1.54, 1.807) is 12.1 Å². The second-order valence-corrected chi connectivity index (χ2v) is 6.11. The number of nitrogens with one attached hydrogen (secondary N) is 2. The van der Waals surface area contributed by atoms with E-state index in [4.69, 9.17) is 4.74 Å². The molecule has 0 bridgehead atoms. The minimum atomic E-state index is -0.318. The number of ether oxygens (including phenoxy) is 1. The van der Waals surface area contributed by atoms with Crippen LogP contribution in [-0.4, -0.2) is 23.1 Å². The minimum absolute atomic E-state index is 0.140. The van der Waals surface area contributed by atoms with Gasteiger partial charge in [0.15, 0.2) is 0 Å². The number of hydrogen-bond donors (Lipinski definition) is 2. The third-order valence-electron chi connectivity index (χ3n) is 4.68. The van der Waals surface area contributed by atoms with E-state index in [0.29, 0.717) is 12.2 Å². The van der Waals surface area contributed by atoms with Gasteiger partial charge in [0.05, 0.1) is 23.1 Å². The van der Waals surface area contributed by atoms with E-state index < -0.39 is 0 Å². The first-order valence-electron chi connectivity index (χ1n) is 8.43. The van der Waals surface area contributed by atoms with Gasteiger partial charge in [-0.3, -0.25) is 10.1 Å². The van der Waals surface area contributed by atoms with Crippen molar-refractivity contribution in [2.45, 2.75) is 19.4 Å². The molecule has 128 valence electrons. The third-order valence-corrected chi connectivity index (χ3v) is 4.68. The van der Waals surface area contributed by atoms with Gasteiger partial charge in [0, 0.05) is 29.2 Å². The summed E-state index contributed by atoms with van der Waals surface area (Å²) in [6, 6.07) is 12.7. The molecule has 0 fully saturated rings. The molecule has 6 nitrogen and oxygen atoms in total.